The highest BCUT2D eigenvalue weighted by atomic mass is 35.5. The molecule has 1 heterocycles. The van der Waals surface area contributed by atoms with Crippen LogP contribution in [0.4, 0.5) is 0 Å². The predicted octanol–water partition coefficient (Wildman–Crippen LogP) is 2.02. The van der Waals surface area contributed by atoms with E-state index in [0.29, 0.717) is 25.1 Å². The number of sulfonamides is 1. The fraction of sp³-hybridized carbons (Fsp3) is 0.571. The quantitative estimate of drug-likeness (QED) is 0.915. The molecule has 1 saturated heterocycles. The molecule has 0 amide bonds. The lowest BCUT2D eigenvalue weighted by molar-refractivity contribution is -0.0230. The molecule has 21 heavy (non-hydrogen) atoms. The fourth-order valence-electron chi connectivity index (χ4n) is 2.38. The van der Waals surface area contributed by atoms with Gasteiger partial charge in [-0.3, -0.25) is 0 Å². The minimum absolute atomic E-state index is 0.130. The van der Waals surface area contributed by atoms with E-state index in [0.717, 1.165) is 0 Å². The van der Waals surface area contributed by atoms with Crippen molar-refractivity contribution in [2.75, 3.05) is 13.2 Å². The molecule has 1 aliphatic rings. The zero-order chi connectivity index (χ0) is 15.6. The molecule has 2 rings (SSSR count). The highest BCUT2D eigenvalue weighted by Crippen LogP contribution is 2.27. The van der Waals surface area contributed by atoms with Crippen molar-refractivity contribution in [2.45, 2.75) is 43.9 Å². The monoisotopic (exact) mass is 333 g/mol. The SMILES string of the molecule is CCC1COC(C)CN1S(=O)(=O)c1ccc(CO)c(Cl)c1. The van der Waals surface area contributed by atoms with Gasteiger partial charge in [-0.05, 0) is 31.0 Å². The summed E-state index contributed by atoms with van der Waals surface area (Å²) < 4.78 is 32.6. The Bertz CT molecular complexity index is 605. The number of benzene rings is 1. The average molecular weight is 334 g/mol. The number of morpholine rings is 1. The summed E-state index contributed by atoms with van der Waals surface area (Å²) in [7, 11) is -3.62. The molecule has 118 valence electrons. The van der Waals surface area contributed by atoms with Crippen LogP contribution in [0.2, 0.25) is 5.02 Å². The van der Waals surface area contributed by atoms with Crippen molar-refractivity contribution in [3.63, 3.8) is 0 Å². The lowest BCUT2D eigenvalue weighted by Crippen LogP contribution is -2.51. The van der Waals surface area contributed by atoms with Crippen LogP contribution in [0.15, 0.2) is 23.1 Å². The maximum atomic E-state index is 12.8. The van der Waals surface area contributed by atoms with Crippen LogP contribution in [-0.4, -0.2) is 43.1 Å². The lowest BCUT2D eigenvalue weighted by Gasteiger charge is -2.37. The van der Waals surface area contributed by atoms with Gasteiger partial charge in [0.25, 0.3) is 0 Å². The van der Waals surface area contributed by atoms with Gasteiger partial charge >= 0.3 is 0 Å². The minimum Gasteiger partial charge on any atom is -0.392 e. The minimum atomic E-state index is -3.62. The number of nitrogens with zero attached hydrogens (tertiary/aromatic N) is 1. The smallest absolute Gasteiger partial charge is 0.243 e. The third kappa shape index (κ3) is 3.40. The van der Waals surface area contributed by atoms with E-state index >= 15 is 0 Å². The van der Waals surface area contributed by atoms with Crippen molar-refractivity contribution >= 4 is 21.6 Å². The van der Waals surface area contributed by atoms with Crippen LogP contribution in [-0.2, 0) is 21.4 Å². The molecule has 0 aliphatic carbocycles. The first kappa shape index (κ1) is 16.7. The number of ether oxygens (including phenoxy) is 1. The van der Waals surface area contributed by atoms with Gasteiger partial charge in [-0.1, -0.05) is 24.6 Å². The standard InChI is InChI=1S/C14H20ClNO4S/c1-3-12-9-20-10(2)7-16(12)21(18,19)13-5-4-11(8-17)14(15)6-13/h4-6,10,12,17H,3,7-9H2,1-2H3. The predicted molar refractivity (Wildman–Crippen MR) is 80.8 cm³/mol. The van der Waals surface area contributed by atoms with Gasteiger partial charge in [-0.2, -0.15) is 4.31 Å². The van der Waals surface area contributed by atoms with Crippen molar-refractivity contribution in [1.82, 2.24) is 4.31 Å². The van der Waals surface area contributed by atoms with Crippen LogP contribution in [0.3, 0.4) is 0 Å². The van der Waals surface area contributed by atoms with Gasteiger partial charge in [0.05, 0.1) is 24.2 Å². The molecule has 1 aromatic rings. The summed E-state index contributed by atoms with van der Waals surface area (Å²) in [4.78, 5) is 0.150. The maximum Gasteiger partial charge on any atom is 0.243 e. The molecule has 1 aromatic carbocycles. The summed E-state index contributed by atoms with van der Waals surface area (Å²) in [5, 5.41) is 9.37. The summed E-state index contributed by atoms with van der Waals surface area (Å²) in [6.45, 7) is 4.31. The van der Waals surface area contributed by atoms with Crippen LogP contribution in [0, 0.1) is 0 Å². The van der Waals surface area contributed by atoms with Crippen molar-refractivity contribution in [2.24, 2.45) is 0 Å². The molecule has 0 saturated carbocycles. The molecular formula is C14H20ClNO4S. The maximum absolute atomic E-state index is 12.8. The first-order valence-electron chi connectivity index (χ1n) is 6.92. The van der Waals surface area contributed by atoms with Crippen LogP contribution in [0.1, 0.15) is 25.8 Å². The third-order valence-corrected chi connectivity index (χ3v) is 5.96. The third-order valence-electron chi connectivity index (χ3n) is 3.69. The lowest BCUT2D eigenvalue weighted by atomic mass is 10.2. The van der Waals surface area contributed by atoms with E-state index in [1.807, 2.05) is 13.8 Å². The molecular weight excluding hydrogens is 314 g/mol. The Morgan fingerprint density at radius 1 is 1.48 bits per heavy atom. The van der Waals surface area contributed by atoms with Gasteiger partial charge in [-0.15, -0.1) is 0 Å². The Kier molecular flexibility index (Phi) is 5.27. The van der Waals surface area contributed by atoms with Gasteiger partial charge in [0.15, 0.2) is 0 Å². The Morgan fingerprint density at radius 3 is 2.76 bits per heavy atom. The first-order chi connectivity index (χ1) is 9.90. The normalized spacial score (nSPS) is 24.2. The molecule has 0 spiro atoms. The van der Waals surface area contributed by atoms with E-state index in [-0.39, 0.29) is 28.7 Å². The summed E-state index contributed by atoms with van der Waals surface area (Å²) in [6.07, 6.45) is 0.559. The zero-order valence-electron chi connectivity index (χ0n) is 12.1. The molecule has 2 atom stereocenters. The van der Waals surface area contributed by atoms with E-state index in [9.17, 15) is 8.42 Å². The molecule has 0 radical (unpaired) electrons. The van der Waals surface area contributed by atoms with Crippen LogP contribution in [0.25, 0.3) is 0 Å². The number of hydrogen-bond acceptors (Lipinski definition) is 4. The molecule has 2 unspecified atom stereocenters. The van der Waals surface area contributed by atoms with Crippen LogP contribution < -0.4 is 0 Å². The van der Waals surface area contributed by atoms with Gasteiger partial charge in [-0.25, -0.2) is 8.42 Å². The van der Waals surface area contributed by atoms with Crippen molar-refractivity contribution in [3.05, 3.63) is 28.8 Å². The van der Waals surface area contributed by atoms with Crippen molar-refractivity contribution < 1.29 is 18.3 Å². The Labute approximate surface area is 130 Å². The van der Waals surface area contributed by atoms with E-state index < -0.39 is 10.0 Å². The second-order valence-corrected chi connectivity index (χ2v) is 7.49. The highest BCUT2D eigenvalue weighted by Gasteiger charge is 2.35. The molecule has 5 nitrogen and oxygen atoms in total. The summed E-state index contributed by atoms with van der Waals surface area (Å²) in [6, 6.07) is 4.26. The number of hydrogen-bond donors (Lipinski definition) is 1. The van der Waals surface area contributed by atoms with Gasteiger partial charge in [0.1, 0.15) is 0 Å². The average Bonchev–Trinajstić information content (AvgIpc) is 2.47. The summed E-state index contributed by atoms with van der Waals surface area (Å²) >= 11 is 6.01. The van der Waals surface area contributed by atoms with E-state index in [4.69, 9.17) is 21.4 Å². The Hall–Kier alpha value is -0.660. The Morgan fingerprint density at radius 2 is 2.19 bits per heavy atom. The molecule has 1 N–H and O–H groups in total. The number of aliphatic hydroxyl groups excluding tert-OH is 1. The van der Waals surface area contributed by atoms with Crippen LogP contribution in [0.5, 0.6) is 0 Å². The van der Waals surface area contributed by atoms with Crippen LogP contribution >= 0.6 is 11.6 Å². The molecule has 7 heteroatoms. The number of aliphatic hydroxyl groups is 1. The van der Waals surface area contributed by atoms with Crippen molar-refractivity contribution in [1.29, 1.82) is 0 Å². The van der Waals surface area contributed by atoms with Crippen molar-refractivity contribution in [3.8, 4) is 0 Å². The first-order valence-corrected chi connectivity index (χ1v) is 8.74. The largest absolute Gasteiger partial charge is 0.392 e. The Balaban J connectivity index is 2.38. The molecule has 0 bridgehead atoms. The van der Waals surface area contributed by atoms with Gasteiger partial charge in [0.2, 0.25) is 10.0 Å². The number of rotatable bonds is 4. The number of halogens is 1. The van der Waals surface area contributed by atoms with E-state index in [1.165, 1.54) is 16.4 Å². The van der Waals surface area contributed by atoms with E-state index in [2.05, 4.69) is 0 Å². The second kappa shape index (κ2) is 6.62. The highest BCUT2D eigenvalue weighted by molar-refractivity contribution is 7.89. The fourth-order valence-corrected chi connectivity index (χ4v) is 4.47. The molecule has 1 aliphatic heterocycles. The zero-order valence-corrected chi connectivity index (χ0v) is 13.7. The van der Waals surface area contributed by atoms with Gasteiger partial charge < -0.3 is 9.84 Å². The summed E-state index contributed by atoms with van der Waals surface area (Å²) in [5.74, 6) is 0. The van der Waals surface area contributed by atoms with E-state index in [1.54, 1.807) is 6.07 Å². The second-order valence-electron chi connectivity index (χ2n) is 5.19. The molecule has 1 fully saturated rings. The molecule has 0 aromatic heterocycles. The topological polar surface area (TPSA) is 66.8 Å². The van der Waals surface area contributed by atoms with Gasteiger partial charge in [0, 0.05) is 17.6 Å². The summed E-state index contributed by atoms with van der Waals surface area (Å²) in [5.41, 5.74) is 0.512.